The predicted octanol–water partition coefficient (Wildman–Crippen LogP) is 2.89. The van der Waals surface area contributed by atoms with E-state index in [1.807, 2.05) is 24.3 Å². The lowest BCUT2D eigenvalue weighted by atomic mass is 10.2. The Bertz CT molecular complexity index is 296. The molecule has 78 valence electrons. The maximum atomic E-state index is 12.6. The van der Waals surface area contributed by atoms with Crippen LogP contribution in [0.3, 0.4) is 0 Å². The van der Waals surface area contributed by atoms with Crippen LogP contribution < -0.4 is 5.73 Å². The fourth-order valence-electron chi connectivity index (χ4n) is 1.02. The van der Waals surface area contributed by atoms with Crippen molar-refractivity contribution in [2.75, 3.05) is 5.75 Å². The number of halogens is 2. The zero-order valence-corrected chi connectivity index (χ0v) is 8.78. The highest BCUT2D eigenvalue weighted by Gasteiger charge is 2.21. The van der Waals surface area contributed by atoms with E-state index >= 15 is 0 Å². The van der Waals surface area contributed by atoms with Gasteiger partial charge in [-0.15, -0.1) is 11.8 Å². The third-order valence-corrected chi connectivity index (χ3v) is 3.03. The minimum atomic E-state index is -2.63. The summed E-state index contributed by atoms with van der Waals surface area (Å²) in [6, 6.07) is 7.36. The van der Waals surface area contributed by atoms with E-state index in [-0.39, 0.29) is 5.75 Å². The van der Waals surface area contributed by atoms with E-state index in [0.717, 1.165) is 29.1 Å². The van der Waals surface area contributed by atoms with Crippen molar-refractivity contribution in [1.29, 1.82) is 0 Å². The van der Waals surface area contributed by atoms with E-state index in [2.05, 4.69) is 0 Å². The largest absolute Gasteiger partial charge is 0.326 e. The Morgan fingerprint density at radius 3 is 2.57 bits per heavy atom. The number of nitrogens with two attached hydrogens (primary N) is 1. The molecule has 0 unspecified atom stereocenters. The summed E-state index contributed by atoms with van der Waals surface area (Å²) in [6.07, 6.45) is 0. The van der Waals surface area contributed by atoms with Gasteiger partial charge in [0.25, 0.3) is 5.92 Å². The second-order valence-corrected chi connectivity index (χ2v) is 4.19. The highest BCUT2D eigenvalue weighted by Crippen LogP contribution is 2.28. The van der Waals surface area contributed by atoms with Crippen LogP contribution in [0, 0.1) is 0 Å². The molecular weight excluding hydrogens is 204 g/mol. The van der Waals surface area contributed by atoms with Crippen molar-refractivity contribution in [2.45, 2.75) is 24.3 Å². The van der Waals surface area contributed by atoms with Gasteiger partial charge >= 0.3 is 0 Å². The Kier molecular flexibility index (Phi) is 3.89. The Balaban J connectivity index is 2.67. The first-order chi connectivity index (χ1) is 6.53. The molecule has 2 N–H and O–H groups in total. The van der Waals surface area contributed by atoms with E-state index in [9.17, 15) is 8.78 Å². The first kappa shape index (κ1) is 11.5. The summed E-state index contributed by atoms with van der Waals surface area (Å²) in [7, 11) is 0. The zero-order chi connectivity index (χ0) is 10.6. The van der Waals surface area contributed by atoms with Crippen molar-refractivity contribution < 1.29 is 8.78 Å². The molecule has 1 nitrogen and oxygen atoms in total. The van der Waals surface area contributed by atoms with E-state index in [0.29, 0.717) is 6.54 Å². The monoisotopic (exact) mass is 217 g/mol. The fourth-order valence-corrected chi connectivity index (χ4v) is 1.94. The van der Waals surface area contributed by atoms with E-state index < -0.39 is 5.92 Å². The Morgan fingerprint density at radius 1 is 1.36 bits per heavy atom. The molecule has 0 aromatic heterocycles. The van der Waals surface area contributed by atoms with Gasteiger partial charge < -0.3 is 5.73 Å². The molecule has 0 amide bonds. The molecule has 1 rings (SSSR count). The Morgan fingerprint density at radius 2 is 2.00 bits per heavy atom. The molecule has 0 saturated carbocycles. The molecule has 0 aliphatic carbocycles. The van der Waals surface area contributed by atoms with Crippen LogP contribution in [0.4, 0.5) is 8.78 Å². The molecule has 0 fully saturated rings. The predicted molar refractivity (Wildman–Crippen MR) is 55.7 cm³/mol. The van der Waals surface area contributed by atoms with E-state index in [1.54, 1.807) is 0 Å². The van der Waals surface area contributed by atoms with Crippen molar-refractivity contribution in [3.63, 3.8) is 0 Å². The summed E-state index contributed by atoms with van der Waals surface area (Å²) in [4.78, 5) is 0.844. The van der Waals surface area contributed by atoms with Gasteiger partial charge in [0, 0.05) is 18.4 Å². The van der Waals surface area contributed by atoms with Crippen molar-refractivity contribution in [2.24, 2.45) is 5.73 Å². The van der Waals surface area contributed by atoms with E-state index in [1.165, 1.54) is 0 Å². The summed E-state index contributed by atoms with van der Waals surface area (Å²) in [5.74, 6) is -2.84. The van der Waals surface area contributed by atoms with Crippen LogP contribution in [-0.2, 0) is 6.54 Å². The van der Waals surface area contributed by atoms with Crippen LogP contribution in [0.1, 0.15) is 12.5 Å². The minimum Gasteiger partial charge on any atom is -0.326 e. The lowest BCUT2D eigenvalue weighted by Gasteiger charge is -2.11. The van der Waals surface area contributed by atoms with Crippen LogP contribution in [0.2, 0.25) is 0 Å². The smallest absolute Gasteiger partial charge is 0.254 e. The first-order valence-corrected chi connectivity index (χ1v) is 5.30. The van der Waals surface area contributed by atoms with Crippen molar-refractivity contribution >= 4 is 11.8 Å². The lowest BCUT2D eigenvalue weighted by molar-refractivity contribution is 0.0492. The van der Waals surface area contributed by atoms with Gasteiger partial charge in [0.15, 0.2) is 0 Å². The highest BCUT2D eigenvalue weighted by atomic mass is 32.2. The molecule has 0 aliphatic rings. The molecule has 0 aliphatic heterocycles. The van der Waals surface area contributed by atoms with Gasteiger partial charge in [0.2, 0.25) is 0 Å². The summed E-state index contributed by atoms with van der Waals surface area (Å²) in [6.45, 7) is 1.31. The standard InChI is InChI=1S/C10H13F2NS/c1-10(11,12)7-14-9-5-3-2-4-8(9)6-13/h2-5H,6-7,13H2,1H3. The van der Waals surface area contributed by atoms with Gasteiger partial charge in [-0.25, -0.2) is 8.78 Å². The number of alkyl halides is 2. The second kappa shape index (κ2) is 4.75. The molecule has 0 radical (unpaired) electrons. The van der Waals surface area contributed by atoms with Crippen LogP contribution in [-0.4, -0.2) is 11.7 Å². The van der Waals surface area contributed by atoms with Crippen LogP contribution in [0.25, 0.3) is 0 Å². The molecule has 0 saturated heterocycles. The van der Waals surface area contributed by atoms with Crippen molar-refractivity contribution in [3.8, 4) is 0 Å². The Labute approximate surface area is 86.7 Å². The fraction of sp³-hybridized carbons (Fsp3) is 0.400. The first-order valence-electron chi connectivity index (χ1n) is 4.31. The van der Waals surface area contributed by atoms with Crippen LogP contribution >= 0.6 is 11.8 Å². The van der Waals surface area contributed by atoms with Gasteiger partial charge in [-0.3, -0.25) is 0 Å². The third kappa shape index (κ3) is 3.64. The number of hydrogen-bond donors (Lipinski definition) is 1. The SMILES string of the molecule is CC(F)(F)CSc1ccccc1CN. The number of benzene rings is 1. The van der Waals surface area contributed by atoms with Crippen molar-refractivity contribution in [3.05, 3.63) is 29.8 Å². The molecule has 1 aromatic rings. The minimum absolute atomic E-state index is 0.204. The molecular formula is C10H13F2NS. The van der Waals surface area contributed by atoms with Gasteiger partial charge in [-0.1, -0.05) is 18.2 Å². The topological polar surface area (TPSA) is 26.0 Å². The molecule has 1 aromatic carbocycles. The van der Waals surface area contributed by atoms with Crippen LogP contribution in [0.5, 0.6) is 0 Å². The van der Waals surface area contributed by atoms with Gasteiger partial charge in [-0.2, -0.15) is 0 Å². The van der Waals surface area contributed by atoms with Gasteiger partial charge in [0.1, 0.15) is 0 Å². The molecule has 14 heavy (non-hydrogen) atoms. The second-order valence-electron chi connectivity index (χ2n) is 3.17. The normalized spacial score (nSPS) is 11.7. The maximum Gasteiger partial charge on any atom is 0.254 e. The molecule has 0 spiro atoms. The molecule has 4 heteroatoms. The lowest BCUT2D eigenvalue weighted by Crippen LogP contribution is -2.13. The van der Waals surface area contributed by atoms with Gasteiger partial charge in [0.05, 0.1) is 5.75 Å². The summed E-state index contributed by atoms with van der Waals surface area (Å²) >= 11 is 1.15. The van der Waals surface area contributed by atoms with Crippen LogP contribution in [0.15, 0.2) is 29.2 Å². The number of hydrogen-bond acceptors (Lipinski definition) is 2. The zero-order valence-electron chi connectivity index (χ0n) is 7.97. The van der Waals surface area contributed by atoms with E-state index in [4.69, 9.17) is 5.73 Å². The molecule has 0 atom stereocenters. The summed E-state index contributed by atoms with van der Waals surface area (Å²) in [5.41, 5.74) is 6.41. The third-order valence-electron chi connectivity index (χ3n) is 1.67. The van der Waals surface area contributed by atoms with Crippen molar-refractivity contribution in [1.82, 2.24) is 0 Å². The quantitative estimate of drug-likeness (QED) is 0.785. The molecule has 0 bridgehead atoms. The Hall–Kier alpha value is -0.610. The number of thioether (sulfide) groups is 1. The average molecular weight is 217 g/mol. The highest BCUT2D eigenvalue weighted by molar-refractivity contribution is 7.99. The summed E-state index contributed by atoms with van der Waals surface area (Å²) in [5, 5.41) is 0. The number of rotatable bonds is 4. The molecule has 0 heterocycles. The van der Waals surface area contributed by atoms with Gasteiger partial charge in [-0.05, 0) is 11.6 Å². The summed E-state index contributed by atoms with van der Waals surface area (Å²) < 4.78 is 25.2. The average Bonchev–Trinajstić information content (AvgIpc) is 2.14. The maximum absolute atomic E-state index is 12.6.